The van der Waals surface area contributed by atoms with E-state index in [2.05, 4.69) is 22.3 Å². The monoisotopic (exact) mass is 288 g/mol. The number of hydrogen-bond donors (Lipinski definition) is 1. The first-order valence-electron chi connectivity index (χ1n) is 6.85. The number of nitrogens with zero attached hydrogens (tertiary/aromatic N) is 3. The molecule has 1 aromatic heterocycles. The van der Waals surface area contributed by atoms with Crippen LogP contribution in [0.3, 0.4) is 0 Å². The Morgan fingerprint density at radius 1 is 1.48 bits per heavy atom. The van der Waals surface area contributed by atoms with Crippen LogP contribution in [0.25, 0.3) is 11.0 Å². The van der Waals surface area contributed by atoms with Crippen molar-refractivity contribution in [1.29, 1.82) is 0 Å². The fraction of sp³-hybridized carbons (Fsp3) is 0.400. The van der Waals surface area contributed by atoms with Gasteiger partial charge in [-0.1, -0.05) is 18.2 Å². The minimum atomic E-state index is -0.563. The van der Waals surface area contributed by atoms with Gasteiger partial charge in [-0.2, -0.15) is 0 Å². The molecule has 0 unspecified atom stereocenters. The molecule has 1 heterocycles. The Bertz CT molecular complexity index is 655. The molecule has 0 saturated heterocycles. The van der Waals surface area contributed by atoms with Gasteiger partial charge in [0.2, 0.25) is 0 Å². The lowest BCUT2D eigenvalue weighted by Gasteiger charge is -2.19. The van der Waals surface area contributed by atoms with Crippen molar-refractivity contribution in [2.45, 2.75) is 39.2 Å². The van der Waals surface area contributed by atoms with E-state index in [9.17, 15) is 4.79 Å². The number of amides is 1. The number of hydrogen-bond acceptors (Lipinski definition) is 4. The second kappa shape index (κ2) is 5.95. The van der Waals surface area contributed by atoms with Crippen LogP contribution in [0.1, 0.15) is 32.8 Å². The number of nitrogens with one attached hydrogen (secondary N) is 1. The zero-order valence-corrected chi connectivity index (χ0v) is 12.6. The number of carbonyl (C=O) groups excluding carboxylic acids is 1. The number of para-hydroxylation sites is 1. The highest BCUT2D eigenvalue weighted by Crippen LogP contribution is 2.17. The number of aromatic nitrogens is 3. The van der Waals surface area contributed by atoms with Gasteiger partial charge < -0.3 is 4.74 Å². The summed E-state index contributed by atoms with van der Waals surface area (Å²) in [4.78, 5) is 13.2. The van der Waals surface area contributed by atoms with Gasteiger partial charge in [-0.05, 0) is 50.5 Å². The highest BCUT2D eigenvalue weighted by atomic mass is 16.6. The number of carbonyl (C=O) groups is 1. The summed E-state index contributed by atoms with van der Waals surface area (Å²) in [7, 11) is 0. The van der Waals surface area contributed by atoms with E-state index >= 15 is 0 Å². The van der Waals surface area contributed by atoms with Crippen LogP contribution in [0.4, 0.5) is 4.79 Å². The van der Waals surface area contributed by atoms with Crippen molar-refractivity contribution in [1.82, 2.24) is 15.1 Å². The molecule has 0 spiro atoms. The normalized spacial score (nSPS) is 11.4. The van der Waals surface area contributed by atoms with Crippen LogP contribution in [-0.4, -0.2) is 26.8 Å². The summed E-state index contributed by atoms with van der Waals surface area (Å²) in [6.45, 7) is 9.15. The second-order valence-electron chi connectivity index (χ2n) is 5.73. The summed E-state index contributed by atoms with van der Waals surface area (Å²) in [5, 5.41) is 8.02. The Labute approximate surface area is 123 Å². The summed E-state index contributed by atoms with van der Waals surface area (Å²) in [5.74, 6) is 0. The molecule has 0 bridgehead atoms. The molecule has 1 aromatic carbocycles. The van der Waals surface area contributed by atoms with Crippen molar-refractivity contribution < 1.29 is 9.53 Å². The first kappa shape index (κ1) is 15.0. The SMILES string of the molecule is C=CCCc1cccc2nnn(NC(=O)OC(C)(C)C)c12. The standard InChI is InChI=1S/C15H20N4O2/c1-5-6-8-11-9-7-10-12-13(11)19(18-16-12)17-14(20)21-15(2,3)4/h5,7,9-10H,1,6,8H2,2-4H3,(H,17,20). The second-order valence-corrected chi connectivity index (χ2v) is 5.73. The molecule has 1 N–H and O–H groups in total. The first-order valence-corrected chi connectivity index (χ1v) is 6.85. The van der Waals surface area contributed by atoms with Crippen LogP contribution in [0.15, 0.2) is 30.9 Å². The van der Waals surface area contributed by atoms with Gasteiger partial charge in [-0.15, -0.1) is 16.5 Å². The van der Waals surface area contributed by atoms with Crippen molar-refractivity contribution in [3.63, 3.8) is 0 Å². The summed E-state index contributed by atoms with van der Waals surface area (Å²) in [6.07, 6.45) is 2.95. The van der Waals surface area contributed by atoms with E-state index in [0.717, 1.165) is 29.4 Å². The minimum Gasteiger partial charge on any atom is -0.443 e. The predicted molar refractivity (Wildman–Crippen MR) is 81.6 cm³/mol. The molecule has 0 aliphatic carbocycles. The van der Waals surface area contributed by atoms with E-state index in [1.807, 2.05) is 45.0 Å². The fourth-order valence-corrected chi connectivity index (χ4v) is 1.97. The molecule has 2 rings (SSSR count). The van der Waals surface area contributed by atoms with Gasteiger partial charge in [0.1, 0.15) is 16.6 Å². The average molecular weight is 288 g/mol. The van der Waals surface area contributed by atoms with Gasteiger partial charge in [-0.25, -0.2) is 10.2 Å². The van der Waals surface area contributed by atoms with Crippen LogP contribution >= 0.6 is 0 Å². The van der Waals surface area contributed by atoms with Crippen molar-refractivity contribution >= 4 is 17.1 Å². The van der Waals surface area contributed by atoms with Gasteiger partial charge >= 0.3 is 6.09 Å². The molecule has 6 nitrogen and oxygen atoms in total. The highest BCUT2D eigenvalue weighted by molar-refractivity contribution is 5.82. The van der Waals surface area contributed by atoms with Crippen LogP contribution < -0.4 is 5.43 Å². The van der Waals surface area contributed by atoms with Gasteiger partial charge in [-0.3, -0.25) is 0 Å². The number of ether oxygens (including phenoxy) is 1. The van der Waals surface area contributed by atoms with Crippen LogP contribution in [0.5, 0.6) is 0 Å². The van der Waals surface area contributed by atoms with Crippen molar-refractivity contribution in [2.24, 2.45) is 0 Å². The van der Waals surface area contributed by atoms with E-state index in [4.69, 9.17) is 4.74 Å². The van der Waals surface area contributed by atoms with E-state index in [0.29, 0.717) is 0 Å². The Hall–Kier alpha value is -2.37. The molecule has 0 fully saturated rings. The van der Waals surface area contributed by atoms with Crippen LogP contribution in [-0.2, 0) is 11.2 Å². The lowest BCUT2D eigenvalue weighted by atomic mass is 10.1. The molecule has 0 saturated carbocycles. The molecule has 0 aliphatic heterocycles. The number of aryl methyl sites for hydroxylation is 1. The molecule has 2 aromatic rings. The average Bonchev–Trinajstić information content (AvgIpc) is 2.78. The maximum absolute atomic E-state index is 11.9. The number of rotatable bonds is 4. The summed E-state index contributed by atoms with van der Waals surface area (Å²) >= 11 is 0. The molecule has 0 radical (unpaired) electrons. The number of fused-ring (bicyclic) bond motifs is 1. The minimum absolute atomic E-state index is 0.562. The van der Waals surface area contributed by atoms with Gasteiger partial charge in [0, 0.05) is 0 Å². The van der Waals surface area contributed by atoms with E-state index < -0.39 is 11.7 Å². The van der Waals surface area contributed by atoms with E-state index in [1.165, 1.54) is 4.79 Å². The molecule has 21 heavy (non-hydrogen) atoms. The number of allylic oxidation sites excluding steroid dienone is 1. The highest BCUT2D eigenvalue weighted by Gasteiger charge is 2.18. The number of benzene rings is 1. The lowest BCUT2D eigenvalue weighted by molar-refractivity contribution is 0.0610. The third kappa shape index (κ3) is 3.81. The van der Waals surface area contributed by atoms with Crippen molar-refractivity contribution in [2.75, 3.05) is 5.43 Å². The zero-order chi connectivity index (χ0) is 15.5. The molecule has 6 heteroatoms. The molecule has 0 aliphatic rings. The Morgan fingerprint density at radius 3 is 2.90 bits per heavy atom. The van der Waals surface area contributed by atoms with E-state index in [-0.39, 0.29) is 0 Å². The van der Waals surface area contributed by atoms with Gasteiger partial charge in [0.15, 0.2) is 0 Å². The molecular formula is C15H20N4O2. The summed E-state index contributed by atoms with van der Waals surface area (Å²) in [5.41, 5.74) is 4.59. The summed E-state index contributed by atoms with van der Waals surface area (Å²) < 4.78 is 5.23. The zero-order valence-electron chi connectivity index (χ0n) is 12.6. The predicted octanol–water partition coefficient (Wildman–Crippen LogP) is 3.03. The maximum Gasteiger partial charge on any atom is 0.428 e. The maximum atomic E-state index is 11.9. The topological polar surface area (TPSA) is 69.0 Å². The largest absolute Gasteiger partial charge is 0.443 e. The third-order valence-electron chi connectivity index (χ3n) is 2.77. The van der Waals surface area contributed by atoms with Crippen LogP contribution in [0.2, 0.25) is 0 Å². The third-order valence-corrected chi connectivity index (χ3v) is 2.77. The smallest absolute Gasteiger partial charge is 0.428 e. The van der Waals surface area contributed by atoms with Crippen LogP contribution in [0, 0.1) is 0 Å². The molecule has 1 amide bonds. The fourth-order valence-electron chi connectivity index (χ4n) is 1.97. The molecule has 0 atom stereocenters. The lowest BCUT2D eigenvalue weighted by Crippen LogP contribution is -2.32. The quantitative estimate of drug-likeness (QED) is 0.878. The Balaban J connectivity index is 2.27. The summed E-state index contributed by atoms with van der Waals surface area (Å²) in [6, 6.07) is 5.77. The molecule has 112 valence electrons. The van der Waals surface area contributed by atoms with E-state index in [1.54, 1.807) is 0 Å². The van der Waals surface area contributed by atoms with Gasteiger partial charge in [0.25, 0.3) is 0 Å². The molecular weight excluding hydrogens is 268 g/mol. The van der Waals surface area contributed by atoms with Crippen molar-refractivity contribution in [3.05, 3.63) is 36.4 Å². The first-order chi connectivity index (χ1) is 9.90. The Kier molecular flexibility index (Phi) is 4.26. The van der Waals surface area contributed by atoms with Gasteiger partial charge in [0.05, 0.1) is 0 Å². The van der Waals surface area contributed by atoms with Crippen molar-refractivity contribution in [3.8, 4) is 0 Å². The Morgan fingerprint density at radius 2 is 2.24 bits per heavy atom.